The Morgan fingerprint density at radius 3 is 2.67 bits per heavy atom. The number of benzene rings is 1. The number of para-hydroxylation sites is 1. The molecule has 2 rings (SSSR count). The molecule has 0 unspecified atom stereocenters. The smallest absolute Gasteiger partial charge is 0.257 e. The fourth-order valence-corrected chi connectivity index (χ4v) is 1.94. The molecule has 0 saturated heterocycles. The third kappa shape index (κ3) is 3.26. The standard InChI is InChI=1S/C14H13N3O3S/c1-20-10-4-2-3-9(13(15)21)12(10)17-14(19)8-5-6-11(18)16-7-8/h2-7H,1H3,(H2,15,21)(H,16,18)(H,17,19). The third-order valence-corrected chi connectivity index (χ3v) is 3.02. The highest BCUT2D eigenvalue weighted by molar-refractivity contribution is 7.80. The molecule has 4 N–H and O–H groups in total. The van der Waals surface area contributed by atoms with Crippen molar-refractivity contribution < 1.29 is 9.53 Å². The molecule has 0 radical (unpaired) electrons. The van der Waals surface area contributed by atoms with Crippen LogP contribution >= 0.6 is 12.2 Å². The van der Waals surface area contributed by atoms with Crippen molar-refractivity contribution in [1.29, 1.82) is 0 Å². The number of aromatic nitrogens is 1. The van der Waals surface area contributed by atoms with Crippen LogP contribution in [0, 0.1) is 0 Å². The van der Waals surface area contributed by atoms with Gasteiger partial charge in [0.15, 0.2) is 0 Å². The van der Waals surface area contributed by atoms with Gasteiger partial charge in [-0.2, -0.15) is 0 Å². The van der Waals surface area contributed by atoms with Crippen LogP contribution in [0.2, 0.25) is 0 Å². The van der Waals surface area contributed by atoms with Gasteiger partial charge in [0.05, 0.1) is 18.4 Å². The summed E-state index contributed by atoms with van der Waals surface area (Å²) in [6.45, 7) is 0. The fourth-order valence-electron chi connectivity index (χ4n) is 1.77. The van der Waals surface area contributed by atoms with E-state index in [9.17, 15) is 9.59 Å². The molecule has 1 aromatic carbocycles. The summed E-state index contributed by atoms with van der Waals surface area (Å²) >= 11 is 4.97. The van der Waals surface area contributed by atoms with Crippen molar-refractivity contribution in [3.05, 3.63) is 58.0 Å². The molecule has 0 saturated carbocycles. The first kappa shape index (κ1) is 14.7. The number of rotatable bonds is 4. The molecule has 0 aliphatic heterocycles. The molecule has 7 heteroatoms. The highest BCUT2D eigenvalue weighted by atomic mass is 32.1. The first-order chi connectivity index (χ1) is 10.0. The molecular weight excluding hydrogens is 290 g/mol. The van der Waals surface area contributed by atoms with Crippen LogP contribution in [0.15, 0.2) is 41.3 Å². The lowest BCUT2D eigenvalue weighted by Gasteiger charge is -2.14. The van der Waals surface area contributed by atoms with E-state index in [4.69, 9.17) is 22.7 Å². The maximum absolute atomic E-state index is 12.2. The minimum Gasteiger partial charge on any atom is -0.495 e. The minimum atomic E-state index is -0.409. The molecule has 0 aliphatic rings. The number of thiocarbonyl (C=S) groups is 1. The van der Waals surface area contributed by atoms with E-state index in [2.05, 4.69) is 10.3 Å². The summed E-state index contributed by atoms with van der Waals surface area (Å²) in [7, 11) is 1.48. The molecule has 1 aromatic heterocycles. The number of ether oxygens (including phenoxy) is 1. The topological polar surface area (TPSA) is 97.2 Å². The Kier molecular flexibility index (Phi) is 4.34. The SMILES string of the molecule is COc1cccc(C(N)=S)c1NC(=O)c1ccc(=O)[nH]c1. The molecule has 1 heterocycles. The Bertz CT molecular complexity index is 735. The van der Waals surface area contributed by atoms with Crippen LogP contribution in [0.5, 0.6) is 5.75 Å². The van der Waals surface area contributed by atoms with E-state index in [-0.39, 0.29) is 10.5 Å². The molecule has 0 bridgehead atoms. The quantitative estimate of drug-likeness (QED) is 0.739. The summed E-state index contributed by atoms with van der Waals surface area (Å²) in [6, 6.07) is 7.79. The largest absolute Gasteiger partial charge is 0.495 e. The summed E-state index contributed by atoms with van der Waals surface area (Å²) in [5.41, 5.74) is 6.56. The number of H-pyrrole nitrogens is 1. The van der Waals surface area contributed by atoms with Gasteiger partial charge in [0.25, 0.3) is 5.91 Å². The second-order valence-corrected chi connectivity index (χ2v) is 4.58. The monoisotopic (exact) mass is 303 g/mol. The van der Waals surface area contributed by atoms with Gasteiger partial charge in [-0.1, -0.05) is 18.3 Å². The molecule has 0 atom stereocenters. The lowest BCUT2D eigenvalue weighted by molar-refractivity contribution is 0.102. The number of pyridine rings is 1. The number of nitrogens with two attached hydrogens (primary N) is 1. The van der Waals surface area contributed by atoms with Gasteiger partial charge in [0.2, 0.25) is 5.56 Å². The van der Waals surface area contributed by atoms with Crippen LogP contribution in [0.1, 0.15) is 15.9 Å². The predicted octanol–water partition coefficient (Wildman–Crippen LogP) is 1.27. The first-order valence-corrected chi connectivity index (χ1v) is 6.40. The maximum Gasteiger partial charge on any atom is 0.257 e. The van der Waals surface area contributed by atoms with Crippen molar-refractivity contribution in [2.75, 3.05) is 12.4 Å². The number of anilines is 1. The van der Waals surface area contributed by atoms with Crippen molar-refractivity contribution in [2.24, 2.45) is 5.73 Å². The molecule has 0 aliphatic carbocycles. The van der Waals surface area contributed by atoms with Gasteiger partial charge < -0.3 is 20.8 Å². The Morgan fingerprint density at radius 2 is 2.10 bits per heavy atom. The number of methoxy groups -OCH3 is 1. The molecule has 21 heavy (non-hydrogen) atoms. The zero-order chi connectivity index (χ0) is 15.4. The van der Waals surface area contributed by atoms with Crippen LogP contribution in [-0.2, 0) is 0 Å². The summed E-state index contributed by atoms with van der Waals surface area (Å²) < 4.78 is 5.20. The van der Waals surface area contributed by atoms with Crippen molar-refractivity contribution in [3.63, 3.8) is 0 Å². The van der Waals surface area contributed by atoms with E-state index in [1.54, 1.807) is 18.2 Å². The Balaban J connectivity index is 2.38. The van der Waals surface area contributed by atoms with Crippen LogP contribution < -0.4 is 21.3 Å². The highest BCUT2D eigenvalue weighted by Crippen LogP contribution is 2.28. The van der Waals surface area contributed by atoms with Crippen molar-refractivity contribution in [1.82, 2.24) is 4.98 Å². The average molecular weight is 303 g/mol. The molecule has 1 amide bonds. The van der Waals surface area contributed by atoms with Crippen molar-refractivity contribution >= 4 is 28.8 Å². The lowest BCUT2D eigenvalue weighted by atomic mass is 10.1. The maximum atomic E-state index is 12.2. The molecule has 2 aromatic rings. The summed E-state index contributed by atoms with van der Waals surface area (Å²) in [4.78, 5) is 25.8. The van der Waals surface area contributed by atoms with Crippen molar-refractivity contribution in [3.8, 4) is 5.75 Å². The zero-order valence-electron chi connectivity index (χ0n) is 11.2. The second-order valence-electron chi connectivity index (χ2n) is 4.14. The summed E-state index contributed by atoms with van der Waals surface area (Å²) in [5, 5.41) is 2.69. The number of amides is 1. The minimum absolute atomic E-state index is 0.144. The van der Waals surface area contributed by atoms with Gasteiger partial charge in [-0.05, 0) is 18.2 Å². The Hall–Kier alpha value is -2.67. The molecule has 0 fully saturated rings. The average Bonchev–Trinajstić information content (AvgIpc) is 2.47. The van der Waals surface area contributed by atoms with E-state index < -0.39 is 5.91 Å². The van der Waals surface area contributed by atoms with E-state index in [0.717, 1.165) is 0 Å². The Labute approximate surface area is 125 Å². The van der Waals surface area contributed by atoms with E-state index in [1.807, 2.05) is 0 Å². The van der Waals surface area contributed by atoms with E-state index in [0.29, 0.717) is 22.6 Å². The van der Waals surface area contributed by atoms with E-state index >= 15 is 0 Å². The van der Waals surface area contributed by atoms with Gasteiger partial charge in [-0.3, -0.25) is 9.59 Å². The van der Waals surface area contributed by atoms with Gasteiger partial charge in [-0.15, -0.1) is 0 Å². The number of hydrogen-bond donors (Lipinski definition) is 3. The Morgan fingerprint density at radius 1 is 1.33 bits per heavy atom. The third-order valence-electron chi connectivity index (χ3n) is 2.80. The lowest BCUT2D eigenvalue weighted by Crippen LogP contribution is -2.19. The van der Waals surface area contributed by atoms with Crippen LogP contribution in [0.25, 0.3) is 0 Å². The summed E-state index contributed by atoms with van der Waals surface area (Å²) in [6.07, 6.45) is 1.33. The highest BCUT2D eigenvalue weighted by Gasteiger charge is 2.15. The van der Waals surface area contributed by atoms with Gasteiger partial charge >= 0.3 is 0 Å². The zero-order valence-corrected chi connectivity index (χ0v) is 12.0. The first-order valence-electron chi connectivity index (χ1n) is 6.00. The number of aromatic amines is 1. The van der Waals surface area contributed by atoms with Crippen LogP contribution in [0.4, 0.5) is 5.69 Å². The van der Waals surface area contributed by atoms with Crippen LogP contribution in [0.3, 0.4) is 0 Å². The molecular formula is C14H13N3O3S. The predicted molar refractivity (Wildman–Crippen MR) is 83.9 cm³/mol. The number of nitrogens with one attached hydrogen (secondary N) is 2. The normalized spacial score (nSPS) is 9.95. The van der Waals surface area contributed by atoms with Gasteiger partial charge in [-0.25, -0.2) is 0 Å². The van der Waals surface area contributed by atoms with Gasteiger partial charge in [0.1, 0.15) is 10.7 Å². The molecule has 6 nitrogen and oxygen atoms in total. The van der Waals surface area contributed by atoms with Crippen molar-refractivity contribution in [2.45, 2.75) is 0 Å². The number of carbonyl (C=O) groups excluding carboxylic acids is 1. The van der Waals surface area contributed by atoms with E-state index in [1.165, 1.54) is 25.4 Å². The summed E-state index contributed by atoms with van der Waals surface area (Å²) in [5.74, 6) is 0.0336. The molecule has 108 valence electrons. The molecule has 0 spiro atoms. The van der Waals surface area contributed by atoms with Crippen LogP contribution in [-0.4, -0.2) is 23.0 Å². The fraction of sp³-hybridized carbons (Fsp3) is 0.0714. The second kappa shape index (κ2) is 6.19. The van der Waals surface area contributed by atoms with Gasteiger partial charge in [0, 0.05) is 17.8 Å². The number of hydrogen-bond acceptors (Lipinski definition) is 4. The number of carbonyl (C=O) groups is 1.